The van der Waals surface area contributed by atoms with Gasteiger partial charge in [0.2, 0.25) is 15.9 Å². The number of nitrogens with one attached hydrogen (secondary N) is 2. The number of aryl methyl sites for hydroxylation is 1. The summed E-state index contributed by atoms with van der Waals surface area (Å²) in [5.74, 6) is -0.731. The fourth-order valence-electron chi connectivity index (χ4n) is 6.94. The van der Waals surface area contributed by atoms with E-state index in [2.05, 4.69) is 14.9 Å². The molecule has 6 rings (SSSR count). The van der Waals surface area contributed by atoms with Crippen LogP contribution in [-0.4, -0.2) is 67.2 Å². The molecule has 11 nitrogen and oxygen atoms in total. The van der Waals surface area contributed by atoms with Crippen LogP contribution in [0.15, 0.2) is 108 Å². The number of aliphatic hydroxyl groups is 1. The van der Waals surface area contributed by atoms with Crippen LogP contribution in [0.4, 0.5) is 5.69 Å². The summed E-state index contributed by atoms with van der Waals surface area (Å²) in [6.45, 7) is 8.70. The van der Waals surface area contributed by atoms with Crippen LogP contribution < -0.4 is 10.0 Å². The van der Waals surface area contributed by atoms with Gasteiger partial charge in [-0.15, -0.1) is 0 Å². The van der Waals surface area contributed by atoms with Gasteiger partial charge in [-0.25, -0.2) is 8.42 Å². The summed E-state index contributed by atoms with van der Waals surface area (Å²) in [6, 6.07) is 29.0. The standard InChI is InChI=1S/C43H51N3O8S/c1-29-12-22-36(23-13-29)55(50,51)45-37(25-30-9-6-5-7-10-30)40(48)44-34-20-18-33(19-21-34)42-52-35(26-39(53-42)32-16-14-31(28-47)15-17-32)27-46-24-8-11-38(46)41(49)54-43(2,3)4/h5-7,9-10,12-23,35,37-39,42,45,47H,8,11,24-28H2,1-4H3,(H,44,48)/t35-,37+,38-,39+,42+/m0/s1. The number of hydrogen-bond donors (Lipinski definition) is 3. The second kappa shape index (κ2) is 17.6. The van der Waals surface area contributed by atoms with Gasteiger partial charge in [-0.05, 0) is 94.5 Å². The topological polar surface area (TPSA) is 144 Å². The number of sulfonamides is 1. The van der Waals surface area contributed by atoms with E-state index in [1.54, 1.807) is 24.3 Å². The van der Waals surface area contributed by atoms with Crippen LogP contribution in [0.1, 0.15) is 80.2 Å². The number of aliphatic hydroxyl groups excluding tert-OH is 1. The largest absolute Gasteiger partial charge is 0.459 e. The molecule has 2 aliphatic rings. The van der Waals surface area contributed by atoms with Crippen molar-refractivity contribution < 1.29 is 37.3 Å². The van der Waals surface area contributed by atoms with Gasteiger partial charge in [0.25, 0.3) is 0 Å². The summed E-state index contributed by atoms with van der Waals surface area (Å²) in [4.78, 5) is 29.1. The molecule has 2 saturated heterocycles. The lowest BCUT2D eigenvalue weighted by Gasteiger charge is -2.38. The molecule has 4 aromatic carbocycles. The first-order chi connectivity index (χ1) is 26.3. The maximum absolute atomic E-state index is 13.7. The molecule has 292 valence electrons. The van der Waals surface area contributed by atoms with Crippen molar-refractivity contribution in [3.05, 3.63) is 131 Å². The van der Waals surface area contributed by atoms with E-state index in [1.807, 2.05) is 94.4 Å². The zero-order valence-electron chi connectivity index (χ0n) is 31.8. The molecule has 1 amide bonds. The van der Waals surface area contributed by atoms with Gasteiger partial charge in [0, 0.05) is 24.2 Å². The first-order valence-electron chi connectivity index (χ1n) is 18.8. The van der Waals surface area contributed by atoms with Crippen LogP contribution in [0.25, 0.3) is 0 Å². The number of amides is 1. The highest BCUT2D eigenvalue weighted by atomic mass is 32.2. The molecule has 0 unspecified atom stereocenters. The summed E-state index contributed by atoms with van der Waals surface area (Å²) in [7, 11) is -4.00. The predicted molar refractivity (Wildman–Crippen MR) is 209 cm³/mol. The highest BCUT2D eigenvalue weighted by Gasteiger charge is 2.39. The molecule has 5 atom stereocenters. The number of ether oxygens (including phenoxy) is 3. The van der Waals surface area contributed by atoms with Crippen LogP contribution in [0.3, 0.4) is 0 Å². The second-order valence-electron chi connectivity index (χ2n) is 15.3. The minimum Gasteiger partial charge on any atom is -0.459 e. The number of benzene rings is 4. The SMILES string of the molecule is Cc1ccc(S(=O)(=O)N[C@H](Cc2ccccc2)C(=O)Nc2ccc([C@@H]3O[C@H](CN4CCC[C@H]4C(=O)OC(C)(C)C)C[C@H](c4ccc(CO)cc4)O3)cc2)cc1. The Morgan fingerprint density at radius 1 is 0.891 bits per heavy atom. The van der Waals surface area contributed by atoms with E-state index in [-0.39, 0.29) is 42.1 Å². The summed E-state index contributed by atoms with van der Waals surface area (Å²) in [5, 5.41) is 12.5. The Labute approximate surface area is 324 Å². The van der Waals surface area contributed by atoms with Crippen molar-refractivity contribution in [3.8, 4) is 0 Å². The smallest absolute Gasteiger partial charge is 0.323 e. The normalized spacial score (nSPS) is 21.2. The van der Waals surface area contributed by atoms with Gasteiger partial charge >= 0.3 is 5.97 Å². The van der Waals surface area contributed by atoms with E-state index in [0.717, 1.165) is 47.2 Å². The lowest BCUT2D eigenvalue weighted by atomic mass is 9.99. The van der Waals surface area contributed by atoms with Crippen LogP contribution in [0.2, 0.25) is 0 Å². The summed E-state index contributed by atoms with van der Waals surface area (Å²) < 4.78 is 48.2. The van der Waals surface area contributed by atoms with E-state index in [1.165, 1.54) is 12.1 Å². The van der Waals surface area contributed by atoms with Crippen molar-refractivity contribution in [2.24, 2.45) is 0 Å². The predicted octanol–water partition coefficient (Wildman–Crippen LogP) is 6.37. The third kappa shape index (κ3) is 10.9. The van der Waals surface area contributed by atoms with Gasteiger partial charge in [0.05, 0.1) is 23.7 Å². The molecule has 12 heteroatoms. The fourth-order valence-corrected chi connectivity index (χ4v) is 8.13. The Morgan fingerprint density at radius 3 is 2.22 bits per heavy atom. The lowest BCUT2D eigenvalue weighted by Crippen LogP contribution is -2.45. The van der Waals surface area contributed by atoms with E-state index in [4.69, 9.17) is 14.2 Å². The van der Waals surface area contributed by atoms with Crippen LogP contribution in [0.5, 0.6) is 0 Å². The first-order valence-corrected chi connectivity index (χ1v) is 20.3. The summed E-state index contributed by atoms with van der Waals surface area (Å²) in [6.07, 6.45) is 0.967. The van der Waals surface area contributed by atoms with E-state index in [9.17, 15) is 23.1 Å². The highest BCUT2D eigenvalue weighted by Crippen LogP contribution is 2.39. The molecular weight excluding hydrogens is 719 g/mol. The third-order valence-corrected chi connectivity index (χ3v) is 11.3. The van der Waals surface area contributed by atoms with Gasteiger partial charge in [-0.2, -0.15) is 4.72 Å². The number of carbonyl (C=O) groups excluding carboxylic acids is 2. The van der Waals surface area contributed by atoms with Crippen molar-refractivity contribution in [2.45, 2.75) is 101 Å². The lowest BCUT2D eigenvalue weighted by molar-refractivity contribution is -0.253. The van der Waals surface area contributed by atoms with Crippen LogP contribution in [-0.2, 0) is 46.9 Å². The Morgan fingerprint density at radius 2 is 1.56 bits per heavy atom. The number of nitrogens with zero attached hydrogens (tertiary/aromatic N) is 1. The number of likely N-dealkylation sites (tertiary alicyclic amines) is 1. The number of rotatable bonds is 13. The van der Waals surface area contributed by atoms with Crippen LogP contribution in [0, 0.1) is 6.92 Å². The van der Waals surface area contributed by atoms with Gasteiger partial charge in [0.15, 0.2) is 6.29 Å². The van der Waals surface area contributed by atoms with Gasteiger partial charge in [-0.3, -0.25) is 14.5 Å². The maximum Gasteiger partial charge on any atom is 0.323 e. The van der Waals surface area contributed by atoms with Crippen molar-refractivity contribution in [1.29, 1.82) is 0 Å². The zero-order valence-corrected chi connectivity index (χ0v) is 32.6. The van der Waals surface area contributed by atoms with Gasteiger partial charge < -0.3 is 24.6 Å². The van der Waals surface area contributed by atoms with Gasteiger partial charge in [0.1, 0.15) is 17.7 Å². The van der Waals surface area contributed by atoms with Gasteiger partial charge in [-0.1, -0.05) is 84.4 Å². The molecule has 0 aliphatic carbocycles. The molecule has 0 aromatic heterocycles. The first kappa shape index (κ1) is 40.2. The summed E-state index contributed by atoms with van der Waals surface area (Å²) in [5.41, 5.74) is 4.09. The molecule has 55 heavy (non-hydrogen) atoms. The average Bonchev–Trinajstić information content (AvgIpc) is 3.63. The zero-order chi connectivity index (χ0) is 39.2. The van der Waals surface area contributed by atoms with Crippen molar-refractivity contribution >= 4 is 27.6 Å². The molecule has 3 N–H and O–H groups in total. The molecule has 2 heterocycles. The minimum atomic E-state index is -4.00. The van der Waals surface area contributed by atoms with E-state index >= 15 is 0 Å². The molecule has 2 fully saturated rings. The number of hydrogen-bond acceptors (Lipinski definition) is 9. The molecule has 2 aliphatic heterocycles. The molecule has 0 radical (unpaired) electrons. The average molecular weight is 770 g/mol. The third-order valence-electron chi connectivity index (χ3n) is 9.77. The number of carbonyl (C=O) groups is 2. The van der Waals surface area contributed by atoms with Crippen LogP contribution >= 0.6 is 0 Å². The Balaban J connectivity index is 1.18. The van der Waals surface area contributed by atoms with E-state index in [0.29, 0.717) is 18.7 Å². The molecule has 0 bridgehead atoms. The summed E-state index contributed by atoms with van der Waals surface area (Å²) >= 11 is 0. The van der Waals surface area contributed by atoms with Crippen molar-refractivity contribution in [2.75, 3.05) is 18.4 Å². The van der Waals surface area contributed by atoms with E-state index < -0.39 is 33.9 Å². The molecule has 0 saturated carbocycles. The fraction of sp³-hybridized carbons (Fsp3) is 0.395. The highest BCUT2D eigenvalue weighted by molar-refractivity contribution is 7.89. The van der Waals surface area contributed by atoms with Crippen molar-refractivity contribution in [3.63, 3.8) is 0 Å². The molecule has 0 spiro atoms. The number of anilines is 1. The minimum absolute atomic E-state index is 0.0598. The maximum atomic E-state index is 13.7. The second-order valence-corrected chi connectivity index (χ2v) is 17.0. The Kier molecular flexibility index (Phi) is 12.9. The quantitative estimate of drug-likeness (QED) is 0.132. The van der Waals surface area contributed by atoms with Crippen molar-refractivity contribution in [1.82, 2.24) is 9.62 Å². The molecule has 4 aromatic rings. The molecular formula is C43H51N3O8S. The monoisotopic (exact) mass is 769 g/mol. The Bertz CT molecular complexity index is 2000. The number of esters is 1. The Hall–Kier alpha value is -4.43.